The van der Waals surface area contributed by atoms with Crippen molar-refractivity contribution < 1.29 is 14.0 Å². The lowest BCUT2D eigenvalue weighted by Gasteiger charge is -2.36. The number of aromatic nitrogens is 3. The van der Waals surface area contributed by atoms with Gasteiger partial charge in [-0.3, -0.25) is 14.5 Å². The first-order valence-electron chi connectivity index (χ1n) is 10.5. The van der Waals surface area contributed by atoms with Crippen LogP contribution in [0, 0.1) is 5.82 Å². The van der Waals surface area contributed by atoms with Gasteiger partial charge in [-0.1, -0.05) is 12.1 Å². The van der Waals surface area contributed by atoms with Gasteiger partial charge in [-0.2, -0.15) is 15.0 Å². The molecule has 2 amide bonds. The van der Waals surface area contributed by atoms with Gasteiger partial charge in [0.2, 0.25) is 0 Å². The van der Waals surface area contributed by atoms with Gasteiger partial charge in [0.25, 0.3) is 11.8 Å². The maximum Gasteiger partial charge on any atom is 0.256 e. The Kier molecular flexibility index (Phi) is 5.28. The number of hydrogen-bond acceptors (Lipinski definition) is 6. The van der Waals surface area contributed by atoms with Crippen molar-refractivity contribution in [1.29, 1.82) is 0 Å². The lowest BCUT2D eigenvalue weighted by atomic mass is 10.1. The summed E-state index contributed by atoms with van der Waals surface area (Å²) in [6.07, 6.45) is 3.47. The standard InChI is InChI=1S/C22H22FN7O2/c23-15-6-7-18-17(14-15)20(31)27-22(26-18)29-11-3-10-28(12-13-29)21(32)16-4-1-2-5-19(16)30-24-8-9-25-30/h1-2,4-9,14,22,26H,3,10-13H2,(H,27,31). The van der Waals surface area contributed by atoms with Crippen molar-refractivity contribution in [3.8, 4) is 5.69 Å². The molecule has 1 fully saturated rings. The third-order valence-electron chi connectivity index (χ3n) is 5.74. The van der Waals surface area contributed by atoms with E-state index >= 15 is 0 Å². The van der Waals surface area contributed by atoms with Gasteiger partial charge < -0.3 is 15.5 Å². The maximum atomic E-state index is 13.5. The molecule has 3 heterocycles. The van der Waals surface area contributed by atoms with Gasteiger partial charge in [-0.15, -0.1) is 0 Å². The van der Waals surface area contributed by atoms with E-state index in [1.807, 2.05) is 23.1 Å². The molecule has 1 atom stereocenters. The van der Waals surface area contributed by atoms with Gasteiger partial charge in [-0.05, 0) is 36.8 Å². The zero-order valence-corrected chi connectivity index (χ0v) is 17.2. The summed E-state index contributed by atoms with van der Waals surface area (Å²) in [6.45, 7) is 2.37. The highest BCUT2D eigenvalue weighted by Gasteiger charge is 2.30. The van der Waals surface area contributed by atoms with Crippen LogP contribution in [0.15, 0.2) is 54.9 Å². The Labute approximate surface area is 183 Å². The van der Waals surface area contributed by atoms with Crippen molar-refractivity contribution in [3.63, 3.8) is 0 Å². The van der Waals surface area contributed by atoms with Crippen LogP contribution >= 0.6 is 0 Å². The van der Waals surface area contributed by atoms with E-state index in [0.29, 0.717) is 43.1 Å². The fraction of sp³-hybridized carbons (Fsp3) is 0.273. The van der Waals surface area contributed by atoms with Crippen molar-refractivity contribution >= 4 is 17.5 Å². The molecule has 10 heteroatoms. The normalized spacial score (nSPS) is 19.0. The number of amides is 2. The first kappa shape index (κ1) is 20.1. The predicted octanol–water partition coefficient (Wildman–Crippen LogP) is 1.69. The Morgan fingerprint density at radius 1 is 1.00 bits per heavy atom. The van der Waals surface area contributed by atoms with Crippen molar-refractivity contribution in [3.05, 3.63) is 71.8 Å². The molecule has 2 aliphatic heterocycles. The molecule has 3 aromatic rings. The molecule has 1 unspecified atom stereocenters. The number of anilines is 1. The molecule has 0 aliphatic carbocycles. The van der Waals surface area contributed by atoms with Crippen molar-refractivity contribution in [2.75, 3.05) is 31.5 Å². The van der Waals surface area contributed by atoms with Gasteiger partial charge >= 0.3 is 0 Å². The second-order valence-corrected chi connectivity index (χ2v) is 7.73. The SMILES string of the molecule is O=C1NC(N2CCCN(C(=O)c3ccccc3-n3nccn3)CC2)Nc2ccc(F)cc21. The number of halogens is 1. The monoisotopic (exact) mass is 435 g/mol. The summed E-state index contributed by atoms with van der Waals surface area (Å²) in [5.41, 5.74) is 2.06. The largest absolute Gasteiger partial charge is 0.352 e. The van der Waals surface area contributed by atoms with Crippen LogP contribution in [0.4, 0.5) is 10.1 Å². The summed E-state index contributed by atoms with van der Waals surface area (Å²) >= 11 is 0. The fourth-order valence-corrected chi connectivity index (χ4v) is 4.14. The average molecular weight is 435 g/mol. The summed E-state index contributed by atoms with van der Waals surface area (Å²) < 4.78 is 13.5. The zero-order valence-electron chi connectivity index (χ0n) is 17.2. The van der Waals surface area contributed by atoms with Crippen LogP contribution in [0.2, 0.25) is 0 Å². The molecule has 0 spiro atoms. The average Bonchev–Trinajstić information content (AvgIpc) is 3.23. The zero-order chi connectivity index (χ0) is 22.1. The molecule has 2 aliphatic rings. The van der Waals surface area contributed by atoms with Gasteiger partial charge in [0.1, 0.15) is 5.82 Å². The van der Waals surface area contributed by atoms with Crippen LogP contribution < -0.4 is 10.6 Å². The van der Waals surface area contributed by atoms with Gasteiger partial charge in [0.15, 0.2) is 6.29 Å². The number of fused-ring (bicyclic) bond motifs is 1. The topological polar surface area (TPSA) is 95.4 Å². The van der Waals surface area contributed by atoms with Crippen LogP contribution in [0.3, 0.4) is 0 Å². The van der Waals surface area contributed by atoms with Gasteiger partial charge in [0.05, 0.1) is 29.2 Å². The molecular formula is C22H22FN7O2. The molecule has 9 nitrogen and oxygen atoms in total. The Morgan fingerprint density at radius 2 is 1.81 bits per heavy atom. The van der Waals surface area contributed by atoms with E-state index in [0.717, 1.165) is 6.42 Å². The molecule has 1 saturated heterocycles. The molecule has 0 radical (unpaired) electrons. The number of hydrogen-bond donors (Lipinski definition) is 2. The Morgan fingerprint density at radius 3 is 2.66 bits per heavy atom. The summed E-state index contributed by atoms with van der Waals surface area (Å²) in [6, 6.07) is 11.4. The van der Waals surface area contributed by atoms with Crippen LogP contribution in [0.1, 0.15) is 27.1 Å². The van der Waals surface area contributed by atoms with E-state index in [-0.39, 0.29) is 17.4 Å². The second kappa shape index (κ2) is 8.39. The molecule has 5 rings (SSSR count). The number of para-hydroxylation sites is 1. The quantitative estimate of drug-likeness (QED) is 0.650. The molecular weight excluding hydrogens is 413 g/mol. The number of nitrogens with one attached hydrogen (secondary N) is 2. The minimum Gasteiger partial charge on any atom is -0.352 e. The van der Waals surface area contributed by atoms with E-state index in [4.69, 9.17) is 0 Å². The highest BCUT2D eigenvalue weighted by Crippen LogP contribution is 2.23. The smallest absolute Gasteiger partial charge is 0.256 e. The number of benzene rings is 2. The van der Waals surface area contributed by atoms with E-state index in [9.17, 15) is 14.0 Å². The van der Waals surface area contributed by atoms with E-state index in [1.54, 1.807) is 24.5 Å². The summed E-state index contributed by atoms with van der Waals surface area (Å²) in [4.78, 5) is 31.1. The van der Waals surface area contributed by atoms with Gasteiger partial charge in [-0.25, -0.2) is 4.39 Å². The maximum absolute atomic E-state index is 13.5. The predicted molar refractivity (Wildman–Crippen MR) is 115 cm³/mol. The Balaban J connectivity index is 1.30. The fourth-order valence-electron chi connectivity index (χ4n) is 4.14. The Hall–Kier alpha value is -3.79. The third kappa shape index (κ3) is 3.80. The van der Waals surface area contributed by atoms with Crippen LogP contribution in [0.5, 0.6) is 0 Å². The second-order valence-electron chi connectivity index (χ2n) is 7.73. The summed E-state index contributed by atoms with van der Waals surface area (Å²) in [5.74, 6) is -0.851. The number of nitrogens with zero attached hydrogens (tertiary/aromatic N) is 5. The summed E-state index contributed by atoms with van der Waals surface area (Å²) in [7, 11) is 0. The van der Waals surface area contributed by atoms with E-state index in [1.165, 1.54) is 16.9 Å². The molecule has 32 heavy (non-hydrogen) atoms. The third-order valence-corrected chi connectivity index (χ3v) is 5.74. The first-order valence-corrected chi connectivity index (χ1v) is 10.5. The number of rotatable bonds is 3. The van der Waals surface area contributed by atoms with Crippen molar-refractivity contribution in [2.45, 2.75) is 12.7 Å². The van der Waals surface area contributed by atoms with Crippen LogP contribution in [0.25, 0.3) is 5.69 Å². The minimum absolute atomic E-state index is 0.0822. The molecule has 0 bridgehead atoms. The van der Waals surface area contributed by atoms with Crippen LogP contribution in [-0.2, 0) is 0 Å². The van der Waals surface area contributed by atoms with Crippen molar-refractivity contribution in [1.82, 2.24) is 30.1 Å². The number of carbonyl (C=O) groups excluding carboxylic acids is 2. The van der Waals surface area contributed by atoms with E-state index < -0.39 is 12.1 Å². The molecule has 2 aromatic carbocycles. The Bertz CT molecular complexity index is 1150. The lowest BCUT2D eigenvalue weighted by molar-refractivity contribution is 0.0747. The highest BCUT2D eigenvalue weighted by atomic mass is 19.1. The molecule has 164 valence electrons. The number of carbonyl (C=O) groups is 2. The summed E-state index contributed by atoms with van der Waals surface area (Å²) in [5, 5.41) is 14.5. The van der Waals surface area contributed by atoms with Crippen LogP contribution in [-0.4, -0.2) is 69.1 Å². The first-order chi connectivity index (χ1) is 15.6. The van der Waals surface area contributed by atoms with E-state index in [2.05, 4.69) is 25.7 Å². The van der Waals surface area contributed by atoms with Crippen molar-refractivity contribution in [2.24, 2.45) is 0 Å². The highest BCUT2D eigenvalue weighted by molar-refractivity contribution is 6.01. The molecule has 1 aromatic heterocycles. The molecule has 0 saturated carbocycles. The lowest BCUT2D eigenvalue weighted by Crippen LogP contribution is -2.56. The molecule has 2 N–H and O–H groups in total. The minimum atomic E-state index is -0.450. The van der Waals surface area contributed by atoms with Gasteiger partial charge in [0, 0.05) is 31.9 Å².